The lowest BCUT2D eigenvalue weighted by atomic mass is 10.0. The molecule has 4 aromatic rings. The van der Waals surface area contributed by atoms with Crippen molar-refractivity contribution in [3.05, 3.63) is 131 Å². The molecule has 61 heavy (non-hydrogen) atoms. The van der Waals surface area contributed by atoms with E-state index in [9.17, 15) is 24.0 Å². The average Bonchev–Trinajstić information content (AvgIpc) is 3.25. The van der Waals surface area contributed by atoms with Crippen LogP contribution in [0, 0.1) is 0 Å². The maximum absolute atomic E-state index is 13.0. The highest BCUT2D eigenvalue weighted by Crippen LogP contribution is 2.12. The number of nitrogens with zero attached hydrogens (tertiary/aromatic N) is 2. The summed E-state index contributed by atoms with van der Waals surface area (Å²) in [5.74, 6) is -0.800. The van der Waals surface area contributed by atoms with Gasteiger partial charge in [0, 0.05) is 37.5 Å². The Morgan fingerprint density at radius 3 is 1.54 bits per heavy atom. The fourth-order valence-corrected chi connectivity index (χ4v) is 6.07. The van der Waals surface area contributed by atoms with E-state index in [1.54, 1.807) is 47.0 Å². The lowest BCUT2D eigenvalue weighted by Crippen LogP contribution is -2.51. The van der Waals surface area contributed by atoms with E-state index >= 15 is 0 Å². The van der Waals surface area contributed by atoms with Crippen molar-refractivity contribution >= 4 is 29.5 Å². The number of amides is 3. The minimum absolute atomic E-state index is 0.0264. The van der Waals surface area contributed by atoms with Crippen LogP contribution in [0.25, 0.3) is 0 Å². The summed E-state index contributed by atoms with van der Waals surface area (Å²) in [6, 6.07) is 24.6. The van der Waals surface area contributed by atoms with Crippen molar-refractivity contribution in [2.45, 2.75) is 136 Å². The molecule has 2 aromatic heterocycles. The molecule has 13 heteroatoms. The highest BCUT2D eigenvalue weighted by Gasteiger charge is 2.27. The van der Waals surface area contributed by atoms with Crippen molar-refractivity contribution in [1.29, 1.82) is 0 Å². The molecule has 3 amide bonds. The van der Waals surface area contributed by atoms with Gasteiger partial charge in [-0.3, -0.25) is 29.1 Å². The zero-order valence-corrected chi connectivity index (χ0v) is 36.6. The SMILES string of the molecule is CCc1ccc(CCC(=O)[C@H](C)NC(=O)[C@@H](CCc2ccccc2)NC(=O)OC(C)(C)C)cn1.C[C@H](NC(=O)[C@H](N)CCc1ccccc1)C(=O)CCc1ccc(CN)nc1. The summed E-state index contributed by atoms with van der Waals surface area (Å²) in [7, 11) is 0. The number of carbonyl (C=O) groups is 5. The number of aryl methyl sites for hydroxylation is 5. The molecule has 13 nitrogen and oxygen atoms in total. The first-order valence-electron chi connectivity index (χ1n) is 21.1. The smallest absolute Gasteiger partial charge is 0.408 e. The van der Waals surface area contributed by atoms with Crippen molar-refractivity contribution in [3.63, 3.8) is 0 Å². The molecule has 0 aliphatic heterocycles. The van der Waals surface area contributed by atoms with Gasteiger partial charge in [0.05, 0.1) is 23.8 Å². The predicted molar refractivity (Wildman–Crippen MR) is 238 cm³/mol. The topological polar surface area (TPSA) is 208 Å². The van der Waals surface area contributed by atoms with Gasteiger partial charge in [-0.2, -0.15) is 0 Å². The summed E-state index contributed by atoms with van der Waals surface area (Å²) in [5.41, 5.74) is 16.8. The van der Waals surface area contributed by atoms with Gasteiger partial charge in [-0.1, -0.05) is 79.7 Å². The molecule has 2 heterocycles. The van der Waals surface area contributed by atoms with Crippen LogP contribution >= 0.6 is 0 Å². The largest absolute Gasteiger partial charge is 0.444 e. The Balaban J connectivity index is 0.000000334. The van der Waals surface area contributed by atoms with E-state index in [0.29, 0.717) is 51.5 Å². The lowest BCUT2D eigenvalue weighted by molar-refractivity contribution is -0.128. The molecule has 0 bridgehead atoms. The van der Waals surface area contributed by atoms with Crippen molar-refractivity contribution in [2.75, 3.05) is 0 Å². The number of ether oxygens (including phenoxy) is 1. The van der Waals surface area contributed by atoms with Gasteiger partial charge >= 0.3 is 6.09 Å². The lowest BCUT2D eigenvalue weighted by Gasteiger charge is -2.24. The number of hydrogen-bond donors (Lipinski definition) is 5. The fraction of sp³-hybridized carbons (Fsp3) is 0.438. The summed E-state index contributed by atoms with van der Waals surface area (Å²) in [6.45, 7) is 11.1. The third-order valence-corrected chi connectivity index (χ3v) is 9.84. The monoisotopic (exact) mass is 835 g/mol. The molecule has 7 N–H and O–H groups in total. The normalized spacial score (nSPS) is 13.0. The minimum atomic E-state index is -0.823. The van der Waals surface area contributed by atoms with Crippen LogP contribution in [-0.2, 0) is 62.6 Å². The number of alkyl carbamates (subject to hydrolysis) is 1. The number of carbonyl (C=O) groups excluding carboxylic acids is 5. The van der Waals surface area contributed by atoms with Crippen LogP contribution in [0.1, 0.15) is 101 Å². The van der Waals surface area contributed by atoms with Crippen molar-refractivity contribution < 1.29 is 28.7 Å². The minimum Gasteiger partial charge on any atom is -0.444 e. The maximum atomic E-state index is 13.0. The van der Waals surface area contributed by atoms with Crippen LogP contribution in [0.5, 0.6) is 0 Å². The van der Waals surface area contributed by atoms with Gasteiger partial charge in [-0.05, 0) is 114 Å². The average molecular weight is 836 g/mol. The Morgan fingerprint density at radius 1 is 0.623 bits per heavy atom. The van der Waals surface area contributed by atoms with Crippen LogP contribution in [0.15, 0.2) is 97.3 Å². The van der Waals surface area contributed by atoms with Gasteiger partial charge in [0.25, 0.3) is 0 Å². The maximum Gasteiger partial charge on any atom is 0.408 e. The molecule has 0 spiro atoms. The summed E-state index contributed by atoms with van der Waals surface area (Å²) < 4.78 is 5.32. The number of benzene rings is 2. The van der Waals surface area contributed by atoms with E-state index < -0.39 is 41.8 Å². The highest BCUT2D eigenvalue weighted by molar-refractivity contribution is 5.92. The molecule has 0 aliphatic carbocycles. The van der Waals surface area contributed by atoms with Gasteiger partial charge in [-0.25, -0.2) is 4.79 Å². The molecule has 0 radical (unpaired) electrons. The molecule has 0 aliphatic rings. The first kappa shape index (κ1) is 49.6. The highest BCUT2D eigenvalue weighted by atomic mass is 16.6. The molecule has 0 fully saturated rings. The van der Waals surface area contributed by atoms with E-state index in [2.05, 4.69) is 25.9 Å². The summed E-state index contributed by atoms with van der Waals surface area (Å²) in [6.07, 6.45) is 7.74. The number of nitrogens with one attached hydrogen (secondary N) is 3. The predicted octanol–water partition coefficient (Wildman–Crippen LogP) is 5.68. The third-order valence-electron chi connectivity index (χ3n) is 9.84. The zero-order valence-electron chi connectivity index (χ0n) is 36.6. The zero-order chi connectivity index (χ0) is 44.8. The number of Topliss-reactive ketones (excluding diaryl/α,β-unsaturated/α-hetero) is 2. The second-order valence-corrected chi connectivity index (χ2v) is 16.1. The standard InChI is InChI=1S/C27H37N3O4.C21H28N4O2/c1-6-22-15-12-21(18-28-22)14-17-24(31)19(2)29-25(32)23(30-26(33)34-27(3,4)5)16-13-20-10-8-7-9-11-20;1-15(20(26)12-9-17-7-10-18(13-22)24-14-17)25-21(27)19(23)11-8-16-5-3-2-4-6-16/h7-12,15,18-19,23H,6,13-14,16-17H2,1-5H3,(H,29,32)(H,30,33);2-7,10,14-15,19H,8-9,11-13,22-23H2,1H3,(H,25,27)/t19-,23+;15-,19+/m00/s1. The van der Waals surface area contributed by atoms with Crippen molar-refractivity contribution in [2.24, 2.45) is 11.5 Å². The fourth-order valence-electron chi connectivity index (χ4n) is 6.07. The van der Waals surface area contributed by atoms with E-state index in [4.69, 9.17) is 16.2 Å². The van der Waals surface area contributed by atoms with Crippen LogP contribution < -0.4 is 27.4 Å². The quantitative estimate of drug-likeness (QED) is 0.0694. The number of ketones is 2. The first-order chi connectivity index (χ1) is 29.1. The molecule has 0 unspecified atom stereocenters. The second kappa shape index (κ2) is 25.7. The number of rotatable bonds is 21. The molecule has 4 rings (SSSR count). The molecule has 2 aromatic carbocycles. The molecule has 4 atom stereocenters. The summed E-state index contributed by atoms with van der Waals surface area (Å²) in [5, 5.41) is 8.15. The Kier molecular flexibility index (Phi) is 20.9. The molecule has 0 saturated carbocycles. The number of aromatic nitrogens is 2. The number of pyridine rings is 2. The Hall–Kier alpha value is -5.79. The van der Waals surface area contributed by atoms with Crippen LogP contribution in [-0.4, -0.2) is 69.2 Å². The molecule has 0 saturated heterocycles. The first-order valence-corrected chi connectivity index (χ1v) is 21.1. The van der Waals surface area contributed by atoms with Gasteiger partial charge < -0.3 is 32.2 Å². The molecular weight excluding hydrogens is 771 g/mol. The van der Waals surface area contributed by atoms with Gasteiger partial charge in [0.2, 0.25) is 11.8 Å². The Labute approximate surface area is 361 Å². The summed E-state index contributed by atoms with van der Waals surface area (Å²) in [4.78, 5) is 71.0. The van der Waals surface area contributed by atoms with Crippen LogP contribution in [0.4, 0.5) is 4.79 Å². The van der Waals surface area contributed by atoms with Crippen LogP contribution in [0.3, 0.4) is 0 Å². The third kappa shape index (κ3) is 19.4. The van der Waals surface area contributed by atoms with Gasteiger partial charge in [0.15, 0.2) is 11.6 Å². The Morgan fingerprint density at radius 2 is 1.10 bits per heavy atom. The van der Waals surface area contributed by atoms with Crippen molar-refractivity contribution in [3.8, 4) is 0 Å². The molecule has 328 valence electrons. The van der Waals surface area contributed by atoms with E-state index in [-0.39, 0.29) is 17.5 Å². The van der Waals surface area contributed by atoms with E-state index in [1.165, 1.54) is 0 Å². The Bertz CT molecular complexity index is 1950. The van der Waals surface area contributed by atoms with Crippen LogP contribution in [0.2, 0.25) is 0 Å². The van der Waals surface area contributed by atoms with E-state index in [0.717, 1.165) is 46.5 Å². The number of hydrogen-bond acceptors (Lipinski definition) is 10. The van der Waals surface area contributed by atoms with Gasteiger partial charge in [0.1, 0.15) is 11.6 Å². The van der Waals surface area contributed by atoms with E-state index in [1.807, 2.05) is 91.9 Å². The second-order valence-electron chi connectivity index (χ2n) is 16.1. The van der Waals surface area contributed by atoms with Gasteiger partial charge in [-0.15, -0.1) is 0 Å². The van der Waals surface area contributed by atoms with Crippen molar-refractivity contribution in [1.82, 2.24) is 25.9 Å². The number of nitrogens with two attached hydrogens (primary N) is 2. The molecular formula is C48H65N7O6. The summed E-state index contributed by atoms with van der Waals surface area (Å²) >= 11 is 0.